The van der Waals surface area contributed by atoms with E-state index in [-0.39, 0.29) is 5.91 Å². The number of halogens is 2. The SMILES string of the molecule is Nc1ccccc1NC(=O)c1ccc(N(CCCl)CCCl)cc1. The van der Waals surface area contributed by atoms with E-state index in [9.17, 15) is 4.79 Å². The number of carbonyl (C=O) groups is 1. The molecule has 0 saturated heterocycles. The molecule has 23 heavy (non-hydrogen) atoms. The van der Waals surface area contributed by atoms with Crippen LogP contribution in [0.15, 0.2) is 48.5 Å². The Morgan fingerprint density at radius 2 is 1.61 bits per heavy atom. The van der Waals surface area contributed by atoms with E-state index in [4.69, 9.17) is 28.9 Å². The first-order valence-electron chi connectivity index (χ1n) is 7.28. The van der Waals surface area contributed by atoms with E-state index < -0.39 is 0 Å². The van der Waals surface area contributed by atoms with Crippen LogP contribution in [0.1, 0.15) is 10.4 Å². The number of hydrogen-bond donors (Lipinski definition) is 2. The van der Waals surface area contributed by atoms with Gasteiger partial charge in [0, 0.05) is 36.1 Å². The average Bonchev–Trinajstić information content (AvgIpc) is 2.57. The second-order valence-corrected chi connectivity index (χ2v) is 5.71. The molecule has 0 atom stereocenters. The summed E-state index contributed by atoms with van der Waals surface area (Å²) in [5.74, 6) is 0.842. The lowest BCUT2D eigenvalue weighted by atomic mass is 10.1. The van der Waals surface area contributed by atoms with Gasteiger partial charge in [-0.05, 0) is 36.4 Å². The predicted octanol–water partition coefficient (Wildman–Crippen LogP) is 3.81. The predicted molar refractivity (Wildman–Crippen MR) is 98.9 cm³/mol. The Bertz CT molecular complexity index is 641. The van der Waals surface area contributed by atoms with Gasteiger partial charge in [-0.2, -0.15) is 0 Å². The zero-order valence-corrected chi connectivity index (χ0v) is 14.1. The number of hydrogen-bond acceptors (Lipinski definition) is 3. The van der Waals surface area contributed by atoms with Crippen LogP contribution < -0.4 is 16.0 Å². The van der Waals surface area contributed by atoms with Gasteiger partial charge in [0.2, 0.25) is 0 Å². The third-order valence-corrected chi connectivity index (χ3v) is 3.75. The summed E-state index contributed by atoms with van der Waals surface area (Å²) in [6.45, 7) is 1.42. The summed E-state index contributed by atoms with van der Waals surface area (Å²) >= 11 is 11.6. The van der Waals surface area contributed by atoms with E-state index in [2.05, 4.69) is 10.2 Å². The lowest BCUT2D eigenvalue weighted by Crippen LogP contribution is -2.27. The maximum absolute atomic E-state index is 12.3. The van der Waals surface area contributed by atoms with Crippen molar-refractivity contribution in [2.24, 2.45) is 0 Å². The van der Waals surface area contributed by atoms with Crippen LogP contribution in [0.5, 0.6) is 0 Å². The molecule has 0 heterocycles. The van der Waals surface area contributed by atoms with Crippen LogP contribution >= 0.6 is 23.2 Å². The Kier molecular flexibility index (Phi) is 6.56. The summed E-state index contributed by atoms with van der Waals surface area (Å²) in [5, 5.41) is 2.81. The molecule has 2 rings (SSSR count). The minimum atomic E-state index is -0.198. The fraction of sp³-hybridized carbons (Fsp3) is 0.235. The molecule has 0 aromatic heterocycles. The van der Waals surface area contributed by atoms with Crippen molar-refractivity contribution in [3.05, 3.63) is 54.1 Å². The smallest absolute Gasteiger partial charge is 0.255 e. The van der Waals surface area contributed by atoms with E-state index in [1.807, 2.05) is 24.3 Å². The van der Waals surface area contributed by atoms with Gasteiger partial charge in [-0.3, -0.25) is 4.79 Å². The van der Waals surface area contributed by atoms with E-state index in [0.29, 0.717) is 41.8 Å². The molecule has 4 nitrogen and oxygen atoms in total. The molecule has 2 aromatic carbocycles. The molecule has 0 unspecified atom stereocenters. The van der Waals surface area contributed by atoms with Crippen LogP contribution in [0.25, 0.3) is 0 Å². The molecule has 0 spiro atoms. The molecule has 6 heteroatoms. The monoisotopic (exact) mass is 351 g/mol. The number of para-hydroxylation sites is 2. The lowest BCUT2D eigenvalue weighted by Gasteiger charge is -2.23. The van der Waals surface area contributed by atoms with Crippen molar-refractivity contribution in [2.75, 3.05) is 40.8 Å². The van der Waals surface area contributed by atoms with Gasteiger partial charge >= 0.3 is 0 Å². The van der Waals surface area contributed by atoms with Gasteiger partial charge in [-0.1, -0.05) is 12.1 Å². The Labute approximate surface area is 146 Å². The molecule has 0 saturated carbocycles. The molecule has 2 aromatic rings. The molecule has 0 bridgehead atoms. The zero-order valence-electron chi connectivity index (χ0n) is 12.6. The molecule has 0 radical (unpaired) electrons. The maximum Gasteiger partial charge on any atom is 0.255 e. The molecule has 3 N–H and O–H groups in total. The summed E-state index contributed by atoms with van der Waals surface area (Å²) in [4.78, 5) is 14.4. The Balaban J connectivity index is 2.09. The fourth-order valence-corrected chi connectivity index (χ4v) is 2.61. The number of nitrogen functional groups attached to an aromatic ring is 1. The molecular formula is C17H19Cl2N3O. The Morgan fingerprint density at radius 3 is 2.17 bits per heavy atom. The molecule has 0 aliphatic rings. The zero-order chi connectivity index (χ0) is 16.7. The van der Waals surface area contributed by atoms with Gasteiger partial charge < -0.3 is 16.0 Å². The molecule has 0 aliphatic carbocycles. The van der Waals surface area contributed by atoms with Crippen molar-refractivity contribution in [2.45, 2.75) is 0 Å². The molecule has 1 amide bonds. The second kappa shape index (κ2) is 8.65. The van der Waals surface area contributed by atoms with Gasteiger partial charge in [-0.15, -0.1) is 23.2 Å². The van der Waals surface area contributed by atoms with Crippen LogP contribution in [0.2, 0.25) is 0 Å². The van der Waals surface area contributed by atoms with Gasteiger partial charge in [0.25, 0.3) is 5.91 Å². The Hall–Kier alpha value is -1.91. The van der Waals surface area contributed by atoms with Crippen LogP contribution in [0.4, 0.5) is 17.1 Å². The number of carbonyl (C=O) groups excluding carboxylic acids is 1. The minimum absolute atomic E-state index is 0.198. The topological polar surface area (TPSA) is 58.4 Å². The highest BCUT2D eigenvalue weighted by Crippen LogP contribution is 2.19. The lowest BCUT2D eigenvalue weighted by molar-refractivity contribution is 0.102. The number of nitrogens with two attached hydrogens (primary N) is 1. The number of alkyl halides is 2. The minimum Gasteiger partial charge on any atom is -0.397 e. The first kappa shape index (κ1) is 17.4. The molecule has 0 fully saturated rings. The summed E-state index contributed by atoms with van der Waals surface area (Å²) in [7, 11) is 0. The summed E-state index contributed by atoms with van der Waals surface area (Å²) < 4.78 is 0. The summed E-state index contributed by atoms with van der Waals surface area (Å²) in [6, 6.07) is 14.5. The highest BCUT2D eigenvalue weighted by Gasteiger charge is 2.10. The van der Waals surface area contributed by atoms with E-state index >= 15 is 0 Å². The van der Waals surface area contributed by atoms with Crippen LogP contribution in [0, 0.1) is 0 Å². The van der Waals surface area contributed by atoms with Gasteiger partial charge in [0.15, 0.2) is 0 Å². The summed E-state index contributed by atoms with van der Waals surface area (Å²) in [5.41, 5.74) is 8.52. The van der Waals surface area contributed by atoms with E-state index in [0.717, 1.165) is 5.69 Å². The second-order valence-electron chi connectivity index (χ2n) is 4.95. The first-order valence-corrected chi connectivity index (χ1v) is 8.35. The number of benzene rings is 2. The fourth-order valence-electron chi connectivity index (χ4n) is 2.20. The largest absolute Gasteiger partial charge is 0.397 e. The molecule has 0 aliphatic heterocycles. The van der Waals surface area contributed by atoms with Crippen molar-refractivity contribution in [3.63, 3.8) is 0 Å². The van der Waals surface area contributed by atoms with E-state index in [1.165, 1.54) is 0 Å². The summed E-state index contributed by atoms with van der Waals surface area (Å²) in [6.07, 6.45) is 0. The maximum atomic E-state index is 12.3. The van der Waals surface area contributed by atoms with Gasteiger partial charge in [0.1, 0.15) is 0 Å². The van der Waals surface area contributed by atoms with Crippen molar-refractivity contribution >= 4 is 46.2 Å². The highest BCUT2D eigenvalue weighted by atomic mass is 35.5. The van der Waals surface area contributed by atoms with Crippen LogP contribution in [0.3, 0.4) is 0 Å². The third-order valence-electron chi connectivity index (χ3n) is 3.41. The number of amides is 1. The number of nitrogens with zero attached hydrogens (tertiary/aromatic N) is 1. The van der Waals surface area contributed by atoms with Gasteiger partial charge in [-0.25, -0.2) is 0 Å². The van der Waals surface area contributed by atoms with Crippen LogP contribution in [-0.2, 0) is 0 Å². The number of rotatable bonds is 7. The third kappa shape index (κ3) is 4.78. The molecular weight excluding hydrogens is 333 g/mol. The number of anilines is 3. The highest BCUT2D eigenvalue weighted by molar-refractivity contribution is 6.18. The number of nitrogens with one attached hydrogen (secondary N) is 1. The normalized spacial score (nSPS) is 10.3. The van der Waals surface area contributed by atoms with Crippen molar-refractivity contribution in [3.8, 4) is 0 Å². The van der Waals surface area contributed by atoms with E-state index in [1.54, 1.807) is 24.3 Å². The van der Waals surface area contributed by atoms with Crippen molar-refractivity contribution in [1.82, 2.24) is 0 Å². The average molecular weight is 352 g/mol. The Morgan fingerprint density at radius 1 is 1.00 bits per heavy atom. The van der Waals surface area contributed by atoms with Crippen LogP contribution in [-0.4, -0.2) is 30.8 Å². The first-order chi connectivity index (χ1) is 11.2. The molecule has 122 valence electrons. The van der Waals surface area contributed by atoms with Crippen molar-refractivity contribution < 1.29 is 4.79 Å². The quantitative estimate of drug-likeness (QED) is 0.589. The van der Waals surface area contributed by atoms with Crippen molar-refractivity contribution in [1.29, 1.82) is 0 Å². The standard InChI is InChI=1S/C17H19Cl2N3O/c18-9-11-22(12-10-19)14-7-5-13(6-8-14)17(23)21-16-4-2-1-3-15(16)20/h1-8H,9-12,20H2,(H,21,23). The van der Waals surface area contributed by atoms with Gasteiger partial charge in [0.05, 0.1) is 11.4 Å².